The molecule has 386 valence electrons. The number of nitrogens with one attached hydrogen (secondary N) is 2. The summed E-state index contributed by atoms with van der Waals surface area (Å²) in [5.74, 6) is -0.540. The number of fused-ring (bicyclic) bond motifs is 2. The van der Waals surface area contributed by atoms with Crippen LogP contribution in [0, 0.1) is 17.3 Å². The first-order valence-electron chi connectivity index (χ1n) is 25.1. The maximum atomic E-state index is 14.3. The van der Waals surface area contributed by atoms with Crippen molar-refractivity contribution in [2.45, 2.75) is 112 Å². The number of hydrogen-bond donors (Lipinski definition) is 3. The van der Waals surface area contributed by atoms with Crippen LogP contribution in [0.2, 0.25) is 0 Å². The predicted molar refractivity (Wildman–Crippen MR) is 276 cm³/mol. The van der Waals surface area contributed by atoms with Gasteiger partial charge in [0.15, 0.2) is 0 Å². The summed E-state index contributed by atoms with van der Waals surface area (Å²) in [6.07, 6.45) is 1.92. The van der Waals surface area contributed by atoms with Gasteiger partial charge in [-0.2, -0.15) is 0 Å². The van der Waals surface area contributed by atoms with Gasteiger partial charge in [-0.3, -0.25) is 19.6 Å². The smallest absolute Gasteiger partial charge is 0.410 e. The molecule has 2 unspecified atom stereocenters. The number of nitrogens with zero attached hydrogens (tertiary/aromatic N) is 6. The van der Waals surface area contributed by atoms with Crippen LogP contribution in [0.3, 0.4) is 0 Å². The van der Waals surface area contributed by atoms with Crippen LogP contribution in [0.1, 0.15) is 89.7 Å². The van der Waals surface area contributed by atoms with Crippen LogP contribution in [-0.2, 0) is 54.5 Å². The third-order valence-electron chi connectivity index (χ3n) is 13.7. The number of carbonyl (C=O) groups excluding carboxylic acids is 4. The number of rotatable bonds is 17. The highest BCUT2D eigenvalue weighted by Gasteiger charge is 2.53. The average molecular weight is 1010 g/mol. The van der Waals surface area contributed by atoms with Gasteiger partial charge < -0.3 is 43.7 Å². The summed E-state index contributed by atoms with van der Waals surface area (Å²) in [4.78, 5) is 67.7. The minimum atomic E-state index is -1.04. The first-order chi connectivity index (χ1) is 34.4. The number of esters is 1. The number of aryl methyl sites for hydroxylation is 1. The summed E-state index contributed by atoms with van der Waals surface area (Å²) in [6, 6.07) is 16.5. The van der Waals surface area contributed by atoms with Gasteiger partial charge in [0.2, 0.25) is 0 Å². The lowest BCUT2D eigenvalue weighted by Crippen LogP contribution is -2.61. The van der Waals surface area contributed by atoms with Crippen molar-refractivity contribution < 1.29 is 43.2 Å². The quantitative estimate of drug-likeness (QED) is 0.0602. The second-order valence-electron chi connectivity index (χ2n) is 20.8. The lowest BCUT2D eigenvalue weighted by molar-refractivity contribution is -0.152. The molecule has 2 aliphatic heterocycles. The van der Waals surface area contributed by atoms with E-state index in [4.69, 9.17) is 28.9 Å². The van der Waals surface area contributed by atoms with Gasteiger partial charge in [-0.25, -0.2) is 20.0 Å². The van der Waals surface area contributed by atoms with Gasteiger partial charge in [-0.15, -0.1) is 11.3 Å². The second kappa shape index (κ2) is 22.0. The number of methoxy groups -OCH3 is 1. The Balaban J connectivity index is 1.10. The van der Waals surface area contributed by atoms with Crippen LogP contribution in [-0.4, -0.2) is 124 Å². The molecule has 17 nitrogen and oxygen atoms in total. The monoisotopic (exact) mass is 1010 g/mol. The van der Waals surface area contributed by atoms with Crippen molar-refractivity contribution in [1.82, 2.24) is 35.2 Å². The summed E-state index contributed by atoms with van der Waals surface area (Å²) < 4.78 is 24.8. The van der Waals surface area contributed by atoms with Gasteiger partial charge >= 0.3 is 18.2 Å². The topological polar surface area (TPSA) is 190 Å². The molecule has 5 aromatic rings. The number of pyridine rings is 1. The number of anilines is 1. The molecule has 2 saturated heterocycles. The largest absolute Gasteiger partial charge is 0.465 e. The molecule has 0 bridgehead atoms. The van der Waals surface area contributed by atoms with E-state index in [1.54, 1.807) is 39.7 Å². The molecule has 1 saturated carbocycles. The van der Waals surface area contributed by atoms with Crippen molar-refractivity contribution >= 4 is 52.0 Å². The van der Waals surface area contributed by atoms with E-state index >= 15 is 0 Å². The normalized spacial score (nSPS) is 18.9. The van der Waals surface area contributed by atoms with E-state index in [-0.39, 0.29) is 50.3 Å². The SMILES string of the molecule is CCOC(=O)[C@H]1NN(C(=O)[C@H](Cc2nc(-c3ccc4c(c3)c(CC(C)(C)CO)c(-c3cc(N5CCN(C(=O)OCc6ccccc6)CC5)cnc3[C@H](C)OC)n4CC)cs2)NC(=O)OC(C)(C)C)CC2CC21. The van der Waals surface area contributed by atoms with Gasteiger partial charge in [0, 0.05) is 86.8 Å². The van der Waals surface area contributed by atoms with Gasteiger partial charge in [0.1, 0.15) is 24.3 Å². The molecular formula is C54H70N8O9S. The van der Waals surface area contributed by atoms with E-state index in [0.29, 0.717) is 56.4 Å². The Morgan fingerprint density at radius 1 is 0.986 bits per heavy atom. The Labute approximate surface area is 426 Å². The molecule has 0 spiro atoms. The Bertz CT molecular complexity index is 2740. The van der Waals surface area contributed by atoms with Crippen LogP contribution >= 0.6 is 11.3 Å². The Morgan fingerprint density at radius 3 is 2.42 bits per heavy atom. The number of thiazole rings is 1. The Kier molecular flexibility index (Phi) is 15.9. The average Bonchev–Trinajstić information content (AvgIpc) is 3.91. The first kappa shape index (κ1) is 52.2. The van der Waals surface area contributed by atoms with Gasteiger partial charge in [-0.05, 0) is 101 Å². The van der Waals surface area contributed by atoms with Gasteiger partial charge in [-0.1, -0.05) is 50.2 Å². The molecule has 8 rings (SSSR count). The summed E-state index contributed by atoms with van der Waals surface area (Å²) in [6.45, 7) is 18.9. The number of aliphatic hydroxyl groups is 1. The maximum Gasteiger partial charge on any atom is 0.410 e. The number of carbonyl (C=O) groups is 4. The minimum Gasteiger partial charge on any atom is -0.465 e. The molecule has 3 N–H and O–H groups in total. The summed E-state index contributed by atoms with van der Waals surface area (Å²) in [5.41, 5.74) is 10.0. The lowest BCUT2D eigenvalue weighted by atomic mass is 9.84. The van der Waals surface area contributed by atoms with Crippen molar-refractivity contribution in [3.63, 3.8) is 0 Å². The number of piperazine rings is 1. The van der Waals surface area contributed by atoms with E-state index in [1.165, 1.54) is 16.3 Å². The Morgan fingerprint density at radius 2 is 1.74 bits per heavy atom. The molecule has 2 aromatic carbocycles. The van der Waals surface area contributed by atoms with E-state index < -0.39 is 41.1 Å². The van der Waals surface area contributed by atoms with Crippen LogP contribution in [0.4, 0.5) is 15.3 Å². The third-order valence-corrected chi connectivity index (χ3v) is 14.6. The third kappa shape index (κ3) is 11.9. The molecule has 5 heterocycles. The number of hydrogen-bond acceptors (Lipinski definition) is 14. The van der Waals surface area contributed by atoms with E-state index in [9.17, 15) is 24.3 Å². The number of aliphatic hydroxyl groups excluding tert-OH is 1. The minimum absolute atomic E-state index is 0.0348. The summed E-state index contributed by atoms with van der Waals surface area (Å²) in [5, 5.41) is 18.6. The standard InChI is InChI=1S/C54H70N8O9S/c1-10-61-44-18-17-35(43-31-72-45(56-43)26-42(57-51(66)71-53(4,5)6)49(64)62-29-36-24-38(36)47(58-62)50(65)69-11-2)23-39(44)41(27-54(7,8)32-63)48(61)40-25-37(28-55-46(40)33(3)68-9)59-19-21-60(22-20-59)52(67)70-30-34-15-13-12-14-16-34/h12-18,23,25,28,31,33,36,38,42,47,58,63H,10-11,19-22,24,26-27,29-30,32H2,1-9H3,(H,57,66)/t33-,36?,38?,42-,47-/m0/s1. The molecule has 3 aliphatic rings. The summed E-state index contributed by atoms with van der Waals surface area (Å²) in [7, 11) is 1.68. The van der Waals surface area contributed by atoms with Gasteiger partial charge in [0.05, 0.1) is 46.7 Å². The van der Waals surface area contributed by atoms with Crippen molar-refractivity contribution in [3.05, 3.63) is 88.0 Å². The number of benzene rings is 2. The number of amides is 3. The fourth-order valence-electron chi connectivity index (χ4n) is 9.76. The molecule has 0 radical (unpaired) electrons. The van der Waals surface area contributed by atoms with Gasteiger partial charge in [0.25, 0.3) is 5.91 Å². The molecule has 3 fully saturated rings. The van der Waals surface area contributed by atoms with Crippen LogP contribution < -0.4 is 15.6 Å². The molecule has 18 heteroatoms. The molecule has 3 aromatic heterocycles. The molecule has 1 aliphatic carbocycles. The van der Waals surface area contributed by atoms with Crippen LogP contribution in [0.15, 0.2) is 66.2 Å². The molecule has 5 atom stereocenters. The highest BCUT2D eigenvalue weighted by Crippen LogP contribution is 2.45. The van der Waals surface area contributed by atoms with Crippen LogP contribution in [0.25, 0.3) is 33.4 Å². The molecule has 72 heavy (non-hydrogen) atoms. The fraction of sp³-hybridized carbons (Fsp3) is 0.519. The number of aromatic nitrogens is 3. The second-order valence-corrected chi connectivity index (χ2v) is 21.8. The molecular weight excluding hydrogens is 937 g/mol. The maximum absolute atomic E-state index is 14.3. The van der Waals surface area contributed by atoms with Crippen molar-refractivity contribution in [3.8, 4) is 22.5 Å². The fourth-order valence-corrected chi connectivity index (χ4v) is 10.6. The van der Waals surface area contributed by atoms with Crippen molar-refractivity contribution in [1.29, 1.82) is 0 Å². The predicted octanol–water partition coefficient (Wildman–Crippen LogP) is 7.92. The van der Waals surface area contributed by atoms with E-state index in [1.807, 2.05) is 48.8 Å². The van der Waals surface area contributed by atoms with E-state index in [2.05, 4.69) is 65.2 Å². The van der Waals surface area contributed by atoms with Crippen LogP contribution in [0.5, 0.6) is 0 Å². The van der Waals surface area contributed by atoms with Crippen molar-refractivity contribution in [2.24, 2.45) is 17.3 Å². The highest BCUT2D eigenvalue weighted by atomic mass is 32.1. The zero-order valence-electron chi connectivity index (χ0n) is 43.0. The zero-order valence-corrected chi connectivity index (χ0v) is 43.8. The van der Waals surface area contributed by atoms with Crippen molar-refractivity contribution in [2.75, 3.05) is 57.9 Å². The highest BCUT2D eigenvalue weighted by molar-refractivity contribution is 7.10. The number of alkyl carbamates (subject to hydrolysis) is 1. The molecule has 3 amide bonds. The number of hydrazine groups is 1. The zero-order chi connectivity index (χ0) is 51.5. The summed E-state index contributed by atoms with van der Waals surface area (Å²) >= 11 is 1.39. The lowest BCUT2D eigenvalue weighted by Gasteiger charge is -2.35. The Hall–Kier alpha value is -6.08. The van der Waals surface area contributed by atoms with E-state index in [0.717, 1.165) is 56.7 Å². The first-order valence-corrected chi connectivity index (χ1v) is 26.0. The number of ether oxygens (including phenoxy) is 4.